The first-order chi connectivity index (χ1) is 13.6. The van der Waals surface area contributed by atoms with Gasteiger partial charge in [-0.15, -0.1) is 0 Å². The first kappa shape index (κ1) is 20.2. The monoisotopic (exact) mass is 396 g/mol. The van der Waals surface area contributed by atoms with Crippen LogP contribution in [0.25, 0.3) is 11.1 Å². The number of nitrogens with zero attached hydrogens (tertiary/aromatic N) is 1. The van der Waals surface area contributed by atoms with Crippen molar-refractivity contribution in [3.05, 3.63) is 63.6 Å². The van der Waals surface area contributed by atoms with E-state index in [0.29, 0.717) is 12.1 Å². The summed E-state index contributed by atoms with van der Waals surface area (Å²) in [7, 11) is 1.69. The summed E-state index contributed by atoms with van der Waals surface area (Å²) in [6.07, 6.45) is 4.32. The second-order valence-corrected chi connectivity index (χ2v) is 7.79. The van der Waals surface area contributed by atoms with Crippen LogP contribution < -0.4 is 10.5 Å². The zero-order chi connectivity index (χ0) is 20.1. The van der Waals surface area contributed by atoms with E-state index >= 15 is 0 Å². The summed E-state index contributed by atoms with van der Waals surface area (Å²) in [5, 5.41) is 4.14. The van der Waals surface area contributed by atoms with Crippen molar-refractivity contribution in [2.24, 2.45) is 5.73 Å². The predicted octanol–water partition coefficient (Wildman–Crippen LogP) is 5.41. The molecule has 0 aliphatic rings. The molecular weight excluding hydrogens is 368 g/mol. The highest BCUT2D eigenvalue weighted by Gasteiger charge is 2.25. The normalized spacial score (nSPS) is 11.0. The van der Waals surface area contributed by atoms with Gasteiger partial charge in [0.1, 0.15) is 5.75 Å². The van der Waals surface area contributed by atoms with Crippen molar-refractivity contribution in [1.82, 2.24) is 4.57 Å². The van der Waals surface area contributed by atoms with E-state index in [9.17, 15) is 4.79 Å². The van der Waals surface area contributed by atoms with Gasteiger partial charge >= 0.3 is 0 Å². The number of primary amides is 1. The highest BCUT2D eigenvalue weighted by Crippen LogP contribution is 2.36. The Morgan fingerprint density at radius 2 is 2.00 bits per heavy atom. The van der Waals surface area contributed by atoms with Crippen LogP contribution in [-0.2, 0) is 13.0 Å². The van der Waals surface area contributed by atoms with Crippen LogP contribution in [0, 0.1) is 6.92 Å². The molecule has 2 N–H and O–H groups in total. The van der Waals surface area contributed by atoms with Gasteiger partial charge in [0.15, 0.2) is 0 Å². The Morgan fingerprint density at radius 3 is 2.64 bits per heavy atom. The molecule has 3 aromatic rings. The van der Waals surface area contributed by atoms with Crippen LogP contribution in [0.4, 0.5) is 0 Å². The molecule has 0 aliphatic carbocycles. The van der Waals surface area contributed by atoms with E-state index in [2.05, 4.69) is 29.0 Å². The first-order valence-corrected chi connectivity index (χ1v) is 10.7. The number of hydrogen-bond acceptors (Lipinski definition) is 3. The van der Waals surface area contributed by atoms with Crippen LogP contribution in [0.15, 0.2) is 41.1 Å². The van der Waals surface area contributed by atoms with Gasteiger partial charge in [0.25, 0.3) is 5.91 Å². The second kappa shape index (κ2) is 9.11. The largest absolute Gasteiger partial charge is 0.496 e. The van der Waals surface area contributed by atoms with Crippen LogP contribution >= 0.6 is 11.3 Å². The molecule has 0 saturated heterocycles. The number of unbranched alkanes of at least 4 members (excludes halogenated alkanes) is 2. The number of aromatic nitrogens is 1. The maximum atomic E-state index is 12.4. The van der Waals surface area contributed by atoms with E-state index in [1.54, 1.807) is 18.4 Å². The zero-order valence-electron chi connectivity index (χ0n) is 16.8. The second-order valence-electron chi connectivity index (χ2n) is 7.01. The molecule has 0 aliphatic heterocycles. The summed E-state index contributed by atoms with van der Waals surface area (Å²) in [5.41, 5.74) is 11.7. The Labute approximate surface area is 171 Å². The lowest BCUT2D eigenvalue weighted by Gasteiger charge is -2.15. The number of ether oxygens (including phenoxy) is 1. The Balaban J connectivity index is 2.17. The maximum absolute atomic E-state index is 12.4. The number of rotatable bonds is 9. The lowest BCUT2D eigenvalue weighted by atomic mass is 9.99. The Bertz CT molecular complexity index is 942. The number of nitrogens with two attached hydrogens (primary N) is 1. The van der Waals surface area contributed by atoms with Crippen molar-refractivity contribution in [2.75, 3.05) is 7.11 Å². The Hall–Kier alpha value is -2.53. The zero-order valence-corrected chi connectivity index (χ0v) is 17.6. The summed E-state index contributed by atoms with van der Waals surface area (Å²) in [6.45, 7) is 4.85. The van der Waals surface area contributed by atoms with Crippen LogP contribution in [0.1, 0.15) is 53.5 Å². The number of amides is 1. The van der Waals surface area contributed by atoms with Gasteiger partial charge in [-0.1, -0.05) is 38.0 Å². The first-order valence-electron chi connectivity index (χ1n) is 9.74. The lowest BCUT2D eigenvalue weighted by Crippen LogP contribution is -2.13. The highest BCUT2D eigenvalue weighted by molar-refractivity contribution is 7.08. The third-order valence-corrected chi connectivity index (χ3v) is 5.91. The molecule has 148 valence electrons. The number of thiophene rings is 1. The molecule has 0 unspecified atom stereocenters. The maximum Gasteiger partial charge on any atom is 0.251 e. The summed E-state index contributed by atoms with van der Waals surface area (Å²) >= 11 is 1.64. The van der Waals surface area contributed by atoms with E-state index in [1.807, 2.05) is 30.5 Å². The smallest absolute Gasteiger partial charge is 0.251 e. The van der Waals surface area contributed by atoms with Crippen LogP contribution in [-0.4, -0.2) is 17.6 Å². The van der Waals surface area contributed by atoms with E-state index in [-0.39, 0.29) is 5.91 Å². The predicted molar refractivity (Wildman–Crippen MR) is 116 cm³/mol. The molecule has 3 rings (SSSR count). The number of methoxy groups -OCH3 is 1. The third kappa shape index (κ3) is 3.99. The molecule has 0 atom stereocenters. The summed E-state index contributed by atoms with van der Waals surface area (Å²) in [5.74, 6) is 0.488. The molecule has 28 heavy (non-hydrogen) atoms. The molecule has 1 amide bonds. The minimum atomic E-state index is -0.366. The Kier molecular flexibility index (Phi) is 6.57. The van der Waals surface area contributed by atoms with Crippen LogP contribution in [0.3, 0.4) is 0 Å². The van der Waals surface area contributed by atoms with Gasteiger partial charge in [-0.25, -0.2) is 0 Å². The van der Waals surface area contributed by atoms with Gasteiger partial charge < -0.3 is 15.0 Å². The van der Waals surface area contributed by atoms with E-state index in [4.69, 9.17) is 10.5 Å². The molecule has 0 fully saturated rings. The number of para-hydroxylation sites is 1. The fourth-order valence-electron chi connectivity index (χ4n) is 3.84. The SMILES string of the molecule is CCCCCc1c(-c2ccsc2)c(C(N)=O)c(C)n1Cc1ccccc1OC. The third-order valence-electron chi connectivity index (χ3n) is 5.23. The minimum absolute atomic E-state index is 0.366. The van der Waals surface area contributed by atoms with E-state index in [1.165, 1.54) is 5.69 Å². The van der Waals surface area contributed by atoms with Crippen molar-refractivity contribution in [3.63, 3.8) is 0 Å². The van der Waals surface area contributed by atoms with Crippen molar-refractivity contribution in [1.29, 1.82) is 0 Å². The number of carbonyl (C=O) groups excluding carboxylic acids is 1. The molecule has 4 nitrogen and oxygen atoms in total. The van der Waals surface area contributed by atoms with Crippen molar-refractivity contribution >= 4 is 17.2 Å². The Morgan fingerprint density at radius 1 is 1.21 bits per heavy atom. The molecule has 1 aromatic carbocycles. The van der Waals surface area contributed by atoms with Gasteiger partial charge in [0.2, 0.25) is 0 Å². The van der Waals surface area contributed by atoms with Gasteiger partial charge in [-0.2, -0.15) is 11.3 Å². The molecule has 0 saturated carbocycles. The lowest BCUT2D eigenvalue weighted by molar-refractivity contribution is 0.1000. The quantitative estimate of drug-likeness (QED) is 0.491. The fraction of sp³-hybridized carbons (Fsp3) is 0.348. The number of carbonyl (C=O) groups is 1. The van der Waals surface area contributed by atoms with E-state index in [0.717, 1.165) is 53.8 Å². The molecule has 0 spiro atoms. The molecule has 0 radical (unpaired) electrons. The molecule has 5 heteroatoms. The molecule has 0 bridgehead atoms. The number of benzene rings is 1. The van der Waals surface area contributed by atoms with Gasteiger partial charge in [-0.3, -0.25) is 4.79 Å². The average Bonchev–Trinajstić information content (AvgIpc) is 3.30. The standard InChI is InChI=1S/C23H28N2O2S/c1-4-5-6-10-19-22(18-12-13-28-15-18)21(23(24)26)16(2)25(19)14-17-9-7-8-11-20(17)27-3/h7-9,11-13,15H,4-6,10,14H2,1-3H3,(H2,24,26). The summed E-state index contributed by atoms with van der Waals surface area (Å²) in [4.78, 5) is 12.4. The summed E-state index contributed by atoms with van der Waals surface area (Å²) in [6, 6.07) is 10.1. The van der Waals surface area contributed by atoms with Crippen LogP contribution in [0.2, 0.25) is 0 Å². The molecule has 2 heterocycles. The van der Waals surface area contributed by atoms with E-state index < -0.39 is 0 Å². The fourth-order valence-corrected chi connectivity index (χ4v) is 4.48. The number of hydrogen-bond donors (Lipinski definition) is 1. The van der Waals surface area contributed by atoms with Gasteiger partial charge in [0.05, 0.1) is 19.2 Å². The minimum Gasteiger partial charge on any atom is -0.496 e. The van der Waals surface area contributed by atoms with Crippen LogP contribution in [0.5, 0.6) is 5.75 Å². The average molecular weight is 397 g/mol. The van der Waals surface area contributed by atoms with Crippen molar-refractivity contribution in [2.45, 2.75) is 46.1 Å². The van der Waals surface area contributed by atoms with Gasteiger partial charge in [0, 0.05) is 22.5 Å². The van der Waals surface area contributed by atoms with Crippen molar-refractivity contribution in [3.8, 4) is 16.9 Å². The van der Waals surface area contributed by atoms with Gasteiger partial charge in [-0.05, 0) is 48.2 Å². The van der Waals surface area contributed by atoms with Crippen molar-refractivity contribution < 1.29 is 9.53 Å². The topological polar surface area (TPSA) is 57.2 Å². The summed E-state index contributed by atoms with van der Waals surface area (Å²) < 4.78 is 7.80. The highest BCUT2D eigenvalue weighted by atomic mass is 32.1. The molecular formula is C23H28N2O2S. The molecule has 2 aromatic heterocycles.